The number of aliphatic hydroxyl groups is 1. The van der Waals surface area contributed by atoms with E-state index in [4.69, 9.17) is 17.1 Å². The monoisotopic (exact) mass is 268 g/mol. The number of benzene rings is 2. The molecule has 0 aromatic heterocycles. The summed E-state index contributed by atoms with van der Waals surface area (Å²) in [6, 6.07) is 8.95. The molecule has 0 amide bonds. The molecule has 0 saturated carbocycles. The molecule has 102 valence electrons. The van der Waals surface area contributed by atoms with Gasteiger partial charge in [0.15, 0.2) is 0 Å². The fourth-order valence-electron chi connectivity index (χ4n) is 1.66. The Bertz CT molecular complexity index is 800. The van der Waals surface area contributed by atoms with E-state index >= 15 is 0 Å². The Labute approximate surface area is 126 Å². The molecule has 19 heavy (non-hydrogen) atoms. The SMILES string of the molecule is [2H]C([2H])(Oc1cccc2ccccc12)C(O)CNC([2H])(C([2H])([2H])[2H])C([2H])([2H])[2H]. The molecule has 0 heterocycles. The molecule has 2 aromatic rings. The second-order valence-corrected chi connectivity index (χ2v) is 3.97. The van der Waals surface area contributed by atoms with Crippen LogP contribution in [-0.4, -0.2) is 30.3 Å². The number of hydrogen-bond acceptors (Lipinski definition) is 3. The van der Waals surface area contributed by atoms with Gasteiger partial charge >= 0.3 is 0 Å². The van der Waals surface area contributed by atoms with Crippen molar-refractivity contribution in [1.29, 1.82) is 0 Å². The summed E-state index contributed by atoms with van der Waals surface area (Å²) in [5, 5.41) is 13.6. The van der Waals surface area contributed by atoms with E-state index in [0.29, 0.717) is 5.39 Å². The Morgan fingerprint density at radius 1 is 1.32 bits per heavy atom. The third kappa shape index (κ3) is 3.94. The fraction of sp³-hybridized carbons (Fsp3) is 0.375. The lowest BCUT2D eigenvalue weighted by Crippen LogP contribution is -2.35. The van der Waals surface area contributed by atoms with E-state index in [2.05, 4.69) is 0 Å². The van der Waals surface area contributed by atoms with Gasteiger partial charge in [-0.05, 0) is 11.5 Å². The minimum Gasteiger partial charge on any atom is -0.490 e. The molecule has 1 unspecified atom stereocenters. The summed E-state index contributed by atoms with van der Waals surface area (Å²) in [7, 11) is 0. The van der Waals surface area contributed by atoms with Crippen LogP contribution in [0.4, 0.5) is 0 Å². The summed E-state index contributed by atoms with van der Waals surface area (Å²) in [5.41, 5.74) is 0. The second-order valence-electron chi connectivity index (χ2n) is 3.97. The Hall–Kier alpha value is -1.58. The fourth-order valence-corrected chi connectivity index (χ4v) is 1.66. The molecular formula is C16H21NO2. The van der Waals surface area contributed by atoms with Crippen molar-refractivity contribution in [2.75, 3.05) is 13.1 Å². The normalized spacial score (nSPS) is 22.5. The molecular weight excluding hydrogens is 238 g/mol. The van der Waals surface area contributed by atoms with Gasteiger partial charge in [-0.25, -0.2) is 0 Å². The van der Waals surface area contributed by atoms with E-state index in [9.17, 15) is 5.11 Å². The topological polar surface area (TPSA) is 41.5 Å². The maximum atomic E-state index is 10.2. The van der Waals surface area contributed by atoms with Crippen LogP contribution in [0.3, 0.4) is 0 Å². The zero-order chi connectivity index (χ0) is 21.4. The first-order valence-electron chi connectivity index (χ1n) is 10.3. The number of aliphatic hydroxyl groups excluding tert-OH is 1. The van der Waals surface area contributed by atoms with Gasteiger partial charge in [0.1, 0.15) is 18.4 Å². The highest BCUT2D eigenvalue weighted by Crippen LogP contribution is 2.25. The molecule has 0 radical (unpaired) electrons. The Morgan fingerprint density at radius 2 is 2.11 bits per heavy atom. The highest BCUT2D eigenvalue weighted by molar-refractivity contribution is 5.88. The van der Waals surface area contributed by atoms with Crippen LogP contribution in [0.25, 0.3) is 10.8 Å². The third-order valence-electron chi connectivity index (χ3n) is 2.53. The largest absolute Gasteiger partial charge is 0.490 e. The molecule has 0 fully saturated rings. The van der Waals surface area contributed by atoms with E-state index in [-0.39, 0.29) is 5.75 Å². The van der Waals surface area contributed by atoms with E-state index < -0.39 is 38.9 Å². The van der Waals surface area contributed by atoms with Crippen molar-refractivity contribution in [3.63, 3.8) is 0 Å². The molecule has 0 bridgehead atoms. The smallest absolute Gasteiger partial charge is 0.127 e. The minimum absolute atomic E-state index is 0.158. The van der Waals surface area contributed by atoms with Crippen molar-refractivity contribution in [2.24, 2.45) is 0 Å². The lowest BCUT2D eigenvalue weighted by Gasteiger charge is -2.15. The van der Waals surface area contributed by atoms with E-state index in [1.54, 1.807) is 36.4 Å². The van der Waals surface area contributed by atoms with Crippen molar-refractivity contribution >= 4 is 10.8 Å². The van der Waals surface area contributed by atoms with Crippen LogP contribution in [-0.2, 0) is 0 Å². The summed E-state index contributed by atoms with van der Waals surface area (Å²) < 4.78 is 73.1. The molecule has 0 aliphatic heterocycles. The molecule has 2 aromatic carbocycles. The average Bonchev–Trinajstić information content (AvgIpc) is 2.57. The van der Waals surface area contributed by atoms with Crippen molar-refractivity contribution in [3.8, 4) is 5.75 Å². The van der Waals surface area contributed by atoms with Crippen LogP contribution in [0.2, 0.25) is 0 Å². The average molecular weight is 268 g/mol. The number of hydrogen-bond donors (Lipinski definition) is 2. The molecule has 0 saturated heterocycles. The minimum atomic E-state index is -3.23. The first-order valence-corrected chi connectivity index (χ1v) is 5.79. The van der Waals surface area contributed by atoms with Crippen molar-refractivity contribution in [2.45, 2.75) is 25.8 Å². The lowest BCUT2D eigenvalue weighted by molar-refractivity contribution is 0.105. The number of nitrogens with one attached hydrogen (secondary N) is 1. The highest BCUT2D eigenvalue weighted by Gasteiger charge is 2.07. The van der Waals surface area contributed by atoms with Crippen LogP contribution in [0.5, 0.6) is 5.75 Å². The highest BCUT2D eigenvalue weighted by atomic mass is 16.5. The molecule has 0 aliphatic rings. The predicted molar refractivity (Wildman–Crippen MR) is 78.6 cm³/mol. The molecule has 3 heteroatoms. The standard InChI is InChI=1S/C16H21NO2/c1-12(2)17-10-14(18)11-19-16-9-5-7-13-6-3-4-8-15(13)16/h3-9,12,14,17-18H,10-11H2,1-2H3/i1D3,2D3,11D2,12D. The third-order valence-corrected chi connectivity index (χ3v) is 2.53. The van der Waals surface area contributed by atoms with Gasteiger partial charge in [0.2, 0.25) is 0 Å². The first-order chi connectivity index (χ1) is 12.7. The Kier molecular flexibility index (Phi) is 2.15. The summed E-state index contributed by atoms with van der Waals surface area (Å²) in [4.78, 5) is 0. The van der Waals surface area contributed by atoms with Crippen molar-refractivity contribution < 1.29 is 22.2 Å². The van der Waals surface area contributed by atoms with Gasteiger partial charge in [-0.15, -0.1) is 0 Å². The molecule has 2 rings (SSSR count). The van der Waals surface area contributed by atoms with Crippen LogP contribution in [0.15, 0.2) is 42.5 Å². The maximum Gasteiger partial charge on any atom is 0.127 e. The van der Waals surface area contributed by atoms with Crippen LogP contribution < -0.4 is 10.1 Å². The molecule has 1 atom stereocenters. The van der Waals surface area contributed by atoms with Gasteiger partial charge in [-0.3, -0.25) is 0 Å². The lowest BCUT2D eigenvalue weighted by atomic mass is 10.1. The van der Waals surface area contributed by atoms with Gasteiger partial charge in [0, 0.05) is 27.5 Å². The van der Waals surface area contributed by atoms with Crippen LogP contribution in [0, 0.1) is 0 Å². The molecule has 0 aliphatic carbocycles. The van der Waals surface area contributed by atoms with Crippen molar-refractivity contribution in [3.05, 3.63) is 42.5 Å². The zero-order valence-corrected chi connectivity index (χ0v) is 10.2. The number of ether oxygens (including phenoxy) is 1. The Morgan fingerprint density at radius 3 is 2.95 bits per heavy atom. The number of fused-ring (bicyclic) bond motifs is 1. The van der Waals surface area contributed by atoms with Gasteiger partial charge < -0.3 is 15.2 Å². The summed E-state index contributed by atoms with van der Waals surface area (Å²) in [5.74, 6) is 0.158. The Balaban J connectivity index is 2.19. The summed E-state index contributed by atoms with van der Waals surface area (Å²) in [6.07, 6.45) is -1.94. The van der Waals surface area contributed by atoms with Gasteiger partial charge in [-0.2, -0.15) is 0 Å². The molecule has 2 N–H and O–H groups in total. The summed E-state index contributed by atoms with van der Waals surface area (Å²) >= 11 is 0. The van der Waals surface area contributed by atoms with Crippen LogP contribution >= 0.6 is 0 Å². The van der Waals surface area contributed by atoms with Gasteiger partial charge in [-0.1, -0.05) is 50.1 Å². The maximum absolute atomic E-state index is 10.2. The van der Waals surface area contributed by atoms with Crippen LogP contribution in [0.1, 0.15) is 26.0 Å². The molecule has 0 spiro atoms. The zero-order valence-electron chi connectivity index (χ0n) is 19.2. The van der Waals surface area contributed by atoms with E-state index in [1.807, 2.05) is 5.32 Å². The van der Waals surface area contributed by atoms with E-state index in [1.165, 1.54) is 6.07 Å². The predicted octanol–water partition coefficient (Wildman–Crippen LogP) is 2.58. The van der Waals surface area contributed by atoms with Crippen molar-refractivity contribution in [1.82, 2.24) is 5.32 Å². The van der Waals surface area contributed by atoms with Gasteiger partial charge in [0.05, 0.1) is 2.74 Å². The first kappa shape index (κ1) is 6.25. The van der Waals surface area contributed by atoms with E-state index in [0.717, 1.165) is 5.39 Å². The quantitative estimate of drug-likeness (QED) is 0.846. The molecule has 3 nitrogen and oxygen atoms in total. The van der Waals surface area contributed by atoms with Gasteiger partial charge in [0.25, 0.3) is 0 Å². The second kappa shape index (κ2) is 6.55. The summed E-state index contributed by atoms with van der Waals surface area (Å²) in [6.45, 7) is -9.97. The number of rotatable bonds is 6.